The first kappa shape index (κ1) is 17.0. The highest BCUT2D eigenvalue weighted by atomic mass is 35.5. The molecular formula is C17H20ClNO2S. The summed E-state index contributed by atoms with van der Waals surface area (Å²) in [7, 11) is 0. The third-order valence-corrected chi connectivity index (χ3v) is 4.81. The topological polar surface area (TPSA) is 49.3 Å². The molecule has 0 spiro atoms. The minimum atomic E-state index is -0.778. The summed E-state index contributed by atoms with van der Waals surface area (Å²) in [6, 6.07) is 11.4. The number of hydrogen-bond acceptors (Lipinski definition) is 3. The number of carboxylic acids is 1. The summed E-state index contributed by atoms with van der Waals surface area (Å²) in [4.78, 5) is 13.5. The van der Waals surface area contributed by atoms with Crippen molar-refractivity contribution in [2.45, 2.75) is 38.8 Å². The fourth-order valence-electron chi connectivity index (χ4n) is 2.21. The van der Waals surface area contributed by atoms with Crippen LogP contribution >= 0.6 is 22.9 Å². The molecule has 1 unspecified atom stereocenters. The first-order valence-corrected chi connectivity index (χ1v) is 8.60. The third kappa shape index (κ3) is 4.83. The molecule has 118 valence electrons. The molecule has 0 bridgehead atoms. The van der Waals surface area contributed by atoms with E-state index in [1.54, 1.807) is 11.3 Å². The predicted octanol–water partition coefficient (Wildman–Crippen LogP) is 4.80. The number of unbranched alkanes of at least 4 members (excludes halogenated alkanes) is 1. The van der Waals surface area contributed by atoms with Gasteiger partial charge in [-0.25, -0.2) is 0 Å². The van der Waals surface area contributed by atoms with Crippen LogP contribution in [0.3, 0.4) is 0 Å². The highest BCUT2D eigenvalue weighted by Gasteiger charge is 2.16. The Morgan fingerprint density at radius 3 is 2.86 bits per heavy atom. The average molecular weight is 338 g/mol. The van der Waals surface area contributed by atoms with Crippen LogP contribution in [0.4, 0.5) is 0 Å². The fourth-order valence-corrected chi connectivity index (χ4v) is 3.36. The predicted molar refractivity (Wildman–Crippen MR) is 92.6 cm³/mol. The molecule has 0 aliphatic rings. The van der Waals surface area contributed by atoms with Crippen molar-refractivity contribution < 1.29 is 9.90 Å². The van der Waals surface area contributed by atoms with Crippen molar-refractivity contribution >= 4 is 28.9 Å². The summed E-state index contributed by atoms with van der Waals surface area (Å²) in [5.74, 6) is -0.778. The van der Waals surface area contributed by atoms with E-state index in [-0.39, 0.29) is 0 Å². The van der Waals surface area contributed by atoms with Gasteiger partial charge >= 0.3 is 5.97 Å². The summed E-state index contributed by atoms with van der Waals surface area (Å²) >= 11 is 7.67. The van der Waals surface area contributed by atoms with Crippen LogP contribution in [-0.2, 0) is 11.3 Å². The van der Waals surface area contributed by atoms with Crippen molar-refractivity contribution in [3.8, 4) is 10.4 Å². The fraction of sp³-hybridized carbons (Fsp3) is 0.353. The zero-order valence-electron chi connectivity index (χ0n) is 12.5. The lowest BCUT2D eigenvalue weighted by Crippen LogP contribution is -2.35. The van der Waals surface area contributed by atoms with E-state index in [4.69, 9.17) is 11.6 Å². The van der Waals surface area contributed by atoms with Crippen LogP contribution in [0.25, 0.3) is 10.4 Å². The van der Waals surface area contributed by atoms with Gasteiger partial charge in [-0.3, -0.25) is 10.1 Å². The summed E-state index contributed by atoms with van der Waals surface area (Å²) in [6.45, 7) is 2.64. The lowest BCUT2D eigenvalue weighted by atomic mass is 10.1. The molecule has 0 aliphatic heterocycles. The van der Waals surface area contributed by atoms with Crippen molar-refractivity contribution in [3.05, 3.63) is 46.3 Å². The normalized spacial score (nSPS) is 12.3. The van der Waals surface area contributed by atoms with E-state index in [9.17, 15) is 9.90 Å². The second-order valence-electron chi connectivity index (χ2n) is 5.19. The molecular weight excluding hydrogens is 318 g/mol. The van der Waals surface area contributed by atoms with Crippen LogP contribution in [0.2, 0.25) is 5.02 Å². The number of halogens is 1. The number of rotatable bonds is 8. The molecule has 0 saturated heterocycles. The number of carboxylic acid groups (broad SMARTS) is 1. The van der Waals surface area contributed by atoms with Gasteiger partial charge in [-0.1, -0.05) is 43.5 Å². The molecule has 1 atom stereocenters. The molecule has 2 rings (SSSR count). The SMILES string of the molecule is CCCCC(NCc1ccc(-c2cccc(Cl)c2)s1)C(=O)O. The monoisotopic (exact) mass is 337 g/mol. The van der Waals surface area contributed by atoms with Crippen molar-refractivity contribution in [1.29, 1.82) is 0 Å². The van der Waals surface area contributed by atoms with Crippen LogP contribution in [0.5, 0.6) is 0 Å². The molecule has 1 aromatic heterocycles. The Bertz CT molecular complexity index is 627. The molecule has 0 radical (unpaired) electrons. The summed E-state index contributed by atoms with van der Waals surface area (Å²) in [5.41, 5.74) is 1.09. The number of thiophene rings is 1. The largest absolute Gasteiger partial charge is 0.480 e. The lowest BCUT2D eigenvalue weighted by Gasteiger charge is -2.13. The van der Waals surface area contributed by atoms with Gasteiger partial charge in [-0.2, -0.15) is 0 Å². The zero-order chi connectivity index (χ0) is 15.9. The van der Waals surface area contributed by atoms with Crippen LogP contribution < -0.4 is 5.32 Å². The Kier molecular flexibility index (Phi) is 6.43. The van der Waals surface area contributed by atoms with Gasteiger partial charge in [-0.05, 0) is 36.2 Å². The van der Waals surface area contributed by atoms with Gasteiger partial charge in [0.2, 0.25) is 0 Å². The third-order valence-electron chi connectivity index (χ3n) is 3.44. The highest BCUT2D eigenvalue weighted by Crippen LogP contribution is 2.29. The van der Waals surface area contributed by atoms with Crippen LogP contribution in [0.1, 0.15) is 31.1 Å². The second kappa shape index (κ2) is 8.32. The van der Waals surface area contributed by atoms with E-state index in [1.807, 2.05) is 30.3 Å². The average Bonchev–Trinajstić information content (AvgIpc) is 2.96. The molecule has 2 N–H and O–H groups in total. The molecule has 2 aromatic rings. The van der Waals surface area contributed by atoms with Gasteiger partial charge in [-0.15, -0.1) is 11.3 Å². The van der Waals surface area contributed by atoms with E-state index in [1.165, 1.54) is 0 Å². The summed E-state index contributed by atoms with van der Waals surface area (Å²) < 4.78 is 0. The smallest absolute Gasteiger partial charge is 0.320 e. The lowest BCUT2D eigenvalue weighted by molar-refractivity contribution is -0.139. The summed E-state index contributed by atoms with van der Waals surface area (Å²) in [6.07, 6.45) is 2.59. The van der Waals surface area contributed by atoms with E-state index >= 15 is 0 Å². The minimum absolute atomic E-state index is 0.475. The molecule has 0 aliphatic carbocycles. The number of aliphatic carboxylic acids is 1. The molecule has 0 saturated carbocycles. The van der Waals surface area contributed by atoms with Gasteiger partial charge < -0.3 is 5.11 Å². The maximum atomic E-state index is 11.2. The van der Waals surface area contributed by atoms with Gasteiger partial charge in [0.05, 0.1) is 0 Å². The van der Waals surface area contributed by atoms with Crippen molar-refractivity contribution in [3.63, 3.8) is 0 Å². The van der Waals surface area contributed by atoms with E-state index < -0.39 is 12.0 Å². The number of carbonyl (C=O) groups is 1. The van der Waals surface area contributed by atoms with Gasteiger partial charge in [0.15, 0.2) is 0 Å². The first-order valence-electron chi connectivity index (χ1n) is 7.41. The van der Waals surface area contributed by atoms with Crippen molar-refractivity contribution in [2.24, 2.45) is 0 Å². The van der Waals surface area contributed by atoms with Gasteiger partial charge in [0, 0.05) is 21.3 Å². The molecule has 1 aromatic carbocycles. The minimum Gasteiger partial charge on any atom is -0.480 e. The van der Waals surface area contributed by atoms with Crippen LogP contribution in [0, 0.1) is 0 Å². The van der Waals surface area contributed by atoms with E-state index in [0.717, 1.165) is 33.2 Å². The molecule has 0 fully saturated rings. The Hall–Kier alpha value is -1.36. The van der Waals surface area contributed by atoms with Crippen LogP contribution in [0.15, 0.2) is 36.4 Å². The number of hydrogen-bond donors (Lipinski definition) is 2. The number of benzene rings is 1. The molecule has 22 heavy (non-hydrogen) atoms. The standard InChI is InChI=1S/C17H20ClNO2S/c1-2-3-7-15(17(20)21)19-11-14-8-9-16(22-14)12-5-4-6-13(18)10-12/h4-6,8-10,15,19H,2-3,7,11H2,1H3,(H,20,21). The van der Waals surface area contributed by atoms with E-state index in [0.29, 0.717) is 13.0 Å². The summed E-state index contributed by atoms with van der Waals surface area (Å²) in [5, 5.41) is 13.1. The Morgan fingerprint density at radius 1 is 1.36 bits per heavy atom. The quantitative estimate of drug-likeness (QED) is 0.727. The maximum absolute atomic E-state index is 11.2. The van der Waals surface area contributed by atoms with Crippen LogP contribution in [-0.4, -0.2) is 17.1 Å². The first-order chi connectivity index (χ1) is 10.6. The molecule has 1 heterocycles. The zero-order valence-corrected chi connectivity index (χ0v) is 14.1. The Balaban J connectivity index is 1.98. The van der Waals surface area contributed by atoms with Gasteiger partial charge in [0.25, 0.3) is 0 Å². The molecule has 0 amide bonds. The molecule has 3 nitrogen and oxygen atoms in total. The highest BCUT2D eigenvalue weighted by molar-refractivity contribution is 7.15. The maximum Gasteiger partial charge on any atom is 0.320 e. The van der Waals surface area contributed by atoms with Crippen molar-refractivity contribution in [1.82, 2.24) is 5.32 Å². The Labute approximate surface area is 139 Å². The number of nitrogens with one attached hydrogen (secondary N) is 1. The van der Waals surface area contributed by atoms with Gasteiger partial charge in [0.1, 0.15) is 6.04 Å². The van der Waals surface area contributed by atoms with Crippen molar-refractivity contribution in [2.75, 3.05) is 0 Å². The van der Waals surface area contributed by atoms with E-state index in [2.05, 4.69) is 18.3 Å². The Morgan fingerprint density at radius 2 is 2.18 bits per heavy atom. The second-order valence-corrected chi connectivity index (χ2v) is 6.80. The molecule has 5 heteroatoms.